The van der Waals surface area contributed by atoms with E-state index in [2.05, 4.69) is 10.0 Å². The summed E-state index contributed by atoms with van der Waals surface area (Å²) in [6.07, 6.45) is 3.02. The molecule has 0 aliphatic rings. The Morgan fingerprint density at radius 1 is 1.13 bits per heavy atom. The van der Waals surface area contributed by atoms with Crippen LogP contribution in [0.5, 0.6) is 5.75 Å². The van der Waals surface area contributed by atoms with Gasteiger partial charge in [0.2, 0.25) is 0 Å². The number of hydrogen-bond donors (Lipinski definition) is 2. The molecule has 0 fully saturated rings. The van der Waals surface area contributed by atoms with Crippen molar-refractivity contribution in [3.05, 3.63) is 77.7 Å². The van der Waals surface area contributed by atoms with Crippen LogP contribution in [0.1, 0.15) is 35.0 Å². The van der Waals surface area contributed by atoms with Crippen molar-refractivity contribution in [1.29, 1.82) is 0 Å². The molecule has 1 heterocycles. The first-order valence-corrected chi connectivity index (χ1v) is 11.4. The van der Waals surface area contributed by atoms with Gasteiger partial charge in [-0.2, -0.15) is 0 Å². The Labute approximate surface area is 182 Å². The highest BCUT2D eigenvalue weighted by Gasteiger charge is 2.20. The summed E-state index contributed by atoms with van der Waals surface area (Å²) in [6.45, 7) is 3.59. The fourth-order valence-electron chi connectivity index (χ4n) is 3.09. The number of methoxy groups -OCH3 is 1. The second-order valence-electron chi connectivity index (χ2n) is 7.31. The molecule has 0 aliphatic heterocycles. The Balaban J connectivity index is 1.71. The van der Waals surface area contributed by atoms with Gasteiger partial charge < -0.3 is 14.5 Å². The van der Waals surface area contributed by atoms with Crippen LogP contribution in [0.2, 0.25) is 0 Å². The lowest BCUT2D eigenvalue weighted by atomic mass is 10.1. The van der Waals surface area contributed by atoms with Crippen molar-refractivity contribution in [3.8, 4) is 5.75 Å². The van der Waals surface area contributed by atoms with E-state index < -0.39 is 10.0 Å². The van der Waals surface area contributed by atoms with Gasteiger partial charge in [-0.05, 0) is 74.4 Å². The molecule has 3 aromatic rings. The molecule has 2 aromatic carbocycles. The van der Waals surface area contributed by atoms with Gasteiger partial charge in [0.15, 0.2) is 0 Å². The Bertz CT molecular complexity index is 1120. The maximum absolute atomic E-state index is 12.9. The predicted molar refractivity (Wildman–Crippen MR) is 119 cm³/mol. The third kappa shape index (κ3) is 5.88. The largest absolute Gasteiger partial charge is 0.497 e. The quantitative estimate of drug-likeness (QED) is 0.519. The van der Waals surface area contributed by atoms with Crippen molar-refractivity contribution >= 4 is 21.6 Å². The zero-order valence-electron chi connectivity index (χ0n) is 17.7. The van der Waals surface area contributed by atoms with E-state index in [0.29, 0.717) is 29.8 Å². The van der Waals surface area contributed by atoms with Gasteiger partial charge >= 0.3 is 0 Å². The number of rotatable bonds is 9. The molecule has 1 unspecified atom stereocenters. The molecule has 1 aromatic heterocycles. The van der Waals surface area contributed by atoms with Gasteiger partial charge in [0.1, 0.15) is 11.5 Å². The zero-order chi connectivity index (χ0) is 22.4. The standard InChI is InChI=1S/C23H26N2O5S/c1-16-6-8-18(23(26)24-17(2)7-11-21-5-4-14-30-21)15-22(16)31(27,28)25-19-9-12-20(29-3)13-10-19/h4-6,8-10,12-15,17,25H,7,11H2,1-3H3,(H,24,26). The highest BCUT2D eigenvalue weighted by molar-refractivity contribution is 7.92. The Morgan fingerprint density at radius 2 is 1.87 bits per heavy atom. The molecule has 0 radical (unpaired) electrons. The maximum Gasteiger partial charge on any atom is 0.262 e. The number of aryl methyl sites for hydroxylation is 2. The third-order valence-electron chi connectivity index (χ3n) is 4.86. The number of anilines is 1. The van der Waals surface area contributed by atoms with E-state index in [4.69, 9.17) is 9.15 Å². The number of amides is 1. The van der Waals surface area contributed by atoms with Crippen molar-refractivity contribution in [1.82, 2.24) is 5.32 Å². The second kappa shape index (κ2) is 9.70. The van der Waals surface area contributed by atoms with E-state index in [-0.39, 0.29) is 22.4 Å². The van der Waals surface area contributed by atoms with Crippen LogP contribution < -0.4 is 14.8 Å². The normalized spacial score (nSPS) is 12.2. The van der Waals surface area contributed by atoms with Gasteiger partial charge in [0.05, 0.1) is 18.3 Å². The molecule has 1 amide bonds. The van der Waals surface area contributed by atoms with Crippen LogP contribution in [-0.4, -0.2) is 27.5 Å². The van der Waals surface area contributed by atoms with Gasteiger partial charge in [-0.1, -0.05) is 6.07 Å². The number of ether oxygens (including phenoxy) is 1. The van der Waals surface area contributed by atoms with Gasteiger partial charge in [-0.25, -0.2) is 8.42 Å². The average molecular weight is 443 g/mol. The van der Waals surface area contributed by atoms with Crippen LogP contribution in [0.25, 0.3) is 0 Å². The van der Waals surface area contributed by atoms with E-state index in [1.54, 1.807) is 49.6 Å². The molecule has 3 rings (SSSR count). The number of carbonyl (C=O) groups excluding carboxylic acids is 1. The maximum atomic E-state index is 12.9. The van der Waals surface area contributed by atoms with E-state index in [1.807, 2.05) is 19.1 Å². The van der Waals surface area contributed by atoms with Gasteiger partial charge in [-0.3, -0.25) is 9.52 Å². The van der Waals surface area contributed by atoms with Gasteiger partial charge in [0, 0.05) is 23.7 Å². The fraction of sp³-hybridized carbons (Fsp3) is 0.261. The lowest BCUT2D eigenvalue weighted by molar-refractivity contribution is 0.0938. The predicted octanol–water partition coefficient (Wildman–Crippen LogP) is 4.15. The van der Waals surface area contributed by atoms with Gasteiger partial charge in [-0.15, -0.1) is 0 Å². The van der Waals surface area contributed by atoms with Crippen molar-refractivity contribution in [2.45, 2.75) is 37.6 Å². The molecule has 2 N–H and O–H groups in total. The Morgan fingerprint density at radius 3 is 2.52 bits per heavy atom. The average Bonchev–Trinajstić information content (AvgIpc) is 3.26. The highest BCUT2D eigenvalue weighted by atomic mass is 32.2. The zero-order valence-corrected chi connectivity index (χ0v) is 18.5. The van der Waals surface area contributed by atoms with Crippen LogP contribution in [0.3, 0.4) is 0 Å². The van der Waals surface area contributed by atoms with Crippen LogP contribution >= 0.6 is 0 Å². The second-order valence-corrected chi connectivity index (χ2v) is 8.96. The summed E-state index contributed by atoms with van der Waals surface area (Å²) in [6, 6.07) is 14.8. The number of sulfonamides is 1. The first kappa shape index (κ1) is 22.4. The monoisotopic (exact) mass is 442 g/mol. The van der Waals surface area contributed by atoms with Crippen molar-refractivity contribution < 1.29 is 22.4 Å². The summed E-state index contributed by atoms with van der Waals surface area (Å²) in [7, 11) is -2.33. The minimum absolute atomic E-state index is 0.0548. The van der Waals surface area contributed by atoms with E-state index in [9.17, 15) is 13.2 Å². The molecular weight excluding hydrogens is 416 g/mol. The Hall–Kier alpha value is -3.26. The molecule has 164 valence electrons. The van der Waals surface area contributed by atoms with E-state index in [1.165, 1.54) is 13.2 Å². The van der Waals surface area contributed by atoms with Gasteiger partial charge in [0.25, 0.3) is 15.9 Å². The minimum atomic E-state index is -3.87. The summed E-state index contributed by atoms with van der Waals surface area (Å²) >= 11 is 0. The van der Waals surface area contributed by atoms with Crippen LogP contribution in [-0.2, 0) is 16.4 Å². The SMILES string of the molecule is COc1ccc(NS(=O)(=O)c2cc(C(=O)NC(C)CCc3ccco3)ccc2C)cc1. The molecule has 8 heteroatoms. The van der Waals surface area contributed by atoms with Crippen LogP contribution in [0.15, 0.2) is 70.2 Å². The minimum Gasteiger partial charge on any atom is -0.497 e. The molecular formula is C23H26N2O5S. The number of furan rings is 1. The number of carbonyl (C=O) groups is 1. The van der Waals surface area contributed by atoms with Crippen LogP contribution in [0.4, 0.5) is 5.69 Å². The molecule has 0 saturated heterocycles. The topological polar surface area (TPSA) is 97.6 Å². The van der Waals surface area contributed by atoms with Crippen molar-refractivity contribution in [2.24, 2.45) is 0 Å². The Kier molecular flexibility index (Phi) is 7.02. The number of hydrogen-bond acceptors (Lipinski definition) is 5. The van der Waals surface area contributed by atoms with Crippen LogP contribution in [0, 0.1) is 6.92 Å². The summed E-state index contributed by atoms with van der Waals surface area (Å²) in [5.41, 5.74) is 1.23. The van der Waals surface area contributed by atoms with E-state index in [0.717, 1.165) is 5.76 Å². The summed E-state index contributed by atoms with van der Waals surface area (Å²) in [5.74, 6) is 1.15. The first-order chi connectivity index (χ1) is 14.8. The molecule has 0 saturated carbocycles. The summed E-state index contributed by atoms with van der Waals surface area (Å²) in [5, 5.41) is 2.91. The smallest absolute Gasteiger partial charge is 0.262 e. The lowest BCUT2D eigenvalue weighted by Gasteiger charge is -2.15. The number of benzene rings is 2. The summed E-state index contributed by atoms with van der Waals surface area (Å²) < 4.78 is 38.8. The third-order valence-corrected chi connectivity index (χ3v) is 6.39. The van der Waals surface area contributed by atoms with E-state index >= 15 is 0 Å². The first-order valence-electron chi connectivity index (χ1n) is 9.89. The molecule has 0 aliphatic carbocycles. The summed E-state index contributed by atoms with van der Waals surface area (Å²) in [4.78, 5) is 12.7. The molecule has 0 bridgehead atoms. The molecule has 7 nitrogen and oxygen atoms in total. The highest BCUT2D eigenvalue weighted by Crippen LogP contribution is 2.22. The molecule has 31 heavy (non-hydrogen) atoms. The molecule has 0 spiro atoms. The van der Waals surface area contributed by atoms with Crippen molar-refractivity contribution in [3.63, 3.8) is 0 Å². The van der Waals surface area contributed by atoms with Crippen molar-refractivity contribution in [2.75, 3.05) is 11.8 Å². The fourth-order valence-corrected chi connectivity index (χ4v) is 4.42. The number of nitrogens with one attached hydrogen (secondary N) is 2. The molecule has 1 atom stereocenters. The lowest BCUT2D eigenvalue weighted by Crippen LogP contribution is -2.33.